The molecule has 1 aliphatic heterocycles. The summed E-state index contributed by atoms with van der Waals surface area (Å²) < 4.78 is 5.66. The summed E-state index contributed by atoms with van der Waals surface area (Å²) in [6.45, 7) is 8.08. The van der Waals surface area contributed by atoms with E-state index in [1.807, 2.05) is 32.9 Å². The van der Waals surface area contributed by atoms with Gasteiger partial charge in [-0.3, -0.25) is 0 Å². The molecule has 1 fully saturated rings. The molecule has 4 heteroatoms. The van der Waals surface area contributed by atoms with Gasteiger partial charge in [0.25, 0.3) is 0 Å². The molecule has 1 saturated heterocycles. The molecule has 0 aromatic heterocycles. The van der Waals surface area contributed by atoms with Gasteiger partial charge in [-0.25, -0.2) is 4.79 Å². The second-order valence-electron chi connectivity index (χ2n) is 5.36. The van der Waals surface area contributed by atoms with Crippen LogP contribution in [0, 0.1) is 6.92 Å². The second kappa shape index (κ2) is 4.61. The average Bonchev–Trinajstić information content (AvgIpc) is 2.27. The van der Waals surface area contributed by atoms with Crippen LogP contribution in [-0.4, -0.2) is 36.4 Å². The molecule has 98 valence electrons. The number of aryl methyl sites for hydroxylation is 1. The van der Waals surface area contributed by atoms with Crippen LogP contribution in [0.4, 0.5) is 5.69 Å². The van der Waals surface area contributed by atoms with Gasteiger partial charge in [0.2, 0.25) is 0 Å². The Morgan fingerprint density at radius 2 is 2.17 bits per heavy atom. The highest BCUT2D eigenvalue weighted by atomic mass is 16.5. The lowest BCUT2D eigenvalue weighted by Crippen LogP contribution is -2.48. The van der Waals surface area contributed by atoms with Gasteiger partial charge in [-0.05, 0) is 38.5 Å². The van der Waals surface area contributed by atoms with Crippen LogP contribution in [0.3, 0.4) is 0 Å². The van der Waals surface area contributed by atoms with Crippen molar-refractivity contribution >= 4 is 11.7 Å². The van der Waals surface area contributed by atoms with E-state index in [4.69, 9.17) is 4.74 Å². The maximum Gasteiger partial charge on any atom is 0.337 e. The molecule has 4 nitrogen and oxygen atoms in total. The summed E-state index contributed by atoms with van der Waals surface area (Å²) in [5, 5.41) is 9.26. The van der Waals surface area contributed by atoms with Crippen molar-refractivity contribution in [3.8, 4) is 0 Å². The van der Waals surface area contributed by atoms with E-state index in [-0.39, 0.29) is 5.60 Å². The number of carbonyl (C=O) groups is 1. The monoisotopic (exact) mass is 249 g/mol. The number of anilines is 1. The van der Waals surface area contributed by atoms with Gasteiger partial charge >= 0.3 is 5.97 Å². The van der Waals surface area contributed by atoms with E-state index in [0.29, 0.717) is 18.7 Å². The standard InChI is InChI=1S/C14H19NO3/c1-10-4-5-11(13(16)17)12(8-10)15-6-7-18-14(2,3)9-15/h4-5,8H,6-7,9H2,1-3H3,(H,16,17). The summed E-state index contributed by atoms with van der Waals surface area (Å²) in [5.41, 5.74) is 1.98. The molecule has 1 aromatic carbocycles. The molecule has 0 aliphatic carbocycles. The molecule has 1 heterocycles. The smallest absolute Gasteiger partial charge is 0.337 e. The van der Waals surface area contributed by atoms with Crippen molar-refractivity contribution in [2.24, 2.45) is 0 Å². The summed E-state index contributed by atoms with van der Waals surface area (Å²) in [4.78, 5) is 13.4. The third kappa shape index (κ3) is 2.64. The normalized spacial score (nSPS) is 18.7. The van der Waals surface area contributed by atoms with Crippen LogP contribution in [0.1, 0.15) is 29.8 Å². The predicted octanol–water partition coefficient (Wildman–Crippen LogP) is 2.31. The maximum absolute atomic E-state index is 11.3. The highest BCUT2D eigenvalue weighted by Crippen LogP contribution is 2.27. The number of hydrogen-bond acceptors (Lipinski definition) is 3. The van der Waals surface area contributed by atoms with Crippen LogP contribution >= 0.6 is 0 Å². The van der Waals surface area contributed by atoms with Crippen LogP contribution in [0.15, 0.2) is 18.2 Å². The summed E-state index contributed by atoms with van der Waals surface area (Å²) >= 11 is 0. The number of nitrogens with zero attached hydrogens (tertiary/aromatic N) is 1. The van der Waals surface area contributed by atoms with Crippen molar-refractivity contribution in [1.82, 2.24) is 0 Å². The second-order valence-corrected chi connectivity index (χ2v) is 5.36. The zero-order chi connectivity index (χ0) is 13.3. The highest BCUT2D eigenvalue weighted by molar-refractivity contribution is 5.94. The van der Waals surface area contributed by atoms with Crippen molar-refractivity contribution in [3.05, 3.63) is 29.3 Å². The molecular weight excluding hydrogens is 230 g/mol. The minimum Gasteiger partial charge on any atom is -0.478 e. The zero-order valence-electron chi connectivity index (χ0n) is 11.1. The van der Waals surface area contributed by atoms with E-state index < -0.39 is 5.97 Å². The molecule has 2 rings (SSSR count). The van der Waals surface area contributed by atoms with Gasteiger partial charge in [-0.1, -0.05) is 6.07 Å². The minimum atomic E-state index is -0.880. The Balaban J connectivity index is 2.37. The number of carboxylic acid groups (broad SMARTS) is 1. The third-order valence-electron chi connectivity index (χ3n) is 3.15. The molecule has 0 atom stereocenters. The number of rotatable bonds is 2. The maximum atomic E-state index is 11.3. The fourth-order valence-electron chi connectivity index (χ4n) is 2.31. The topological polar surface area (TPSA) is 49.8 Å². The first-order valence-corrected chi connectivity index (χ1v) is 6.12. The molecule has 1 aromatic rings. The molecule has 0 unspecified atom stereocenters. The molecular formula is C14H19NO3. The van der Waals surface area contributed by atoms with E-state index >= 15 is 0 Å². The van der Waals surface area contributed by atoms with E-state index in [1.165, 1.54) is 0 Å². The number of carboxylic acids is 1. The van der Waals surface area contributed by atoms with E-state index in [2.05, 4.69) is 4.90 Å². The Kier molecular flexibility index (Phi) is 3.30. The van der Waals surface area contributed by atoms with E-state index in [0.717, 1.165) is 17.8 Å². The largest absolute Gasteiger partial charge is 0.478 e. The molecule has 0 amide bonds. The van der Waals surface area contributed by atoms with Crippen molar-refractivity contribution in [3.63, 3.8) is 0 Å². The Bertz CT molecular complexity index is 468. The molecule has 0 radical (unpaired) electrons. The Labute approximate surface area is 107 Å². The predicted molar refractivity (Wildman–Crippen MR) is 70.4 cm³/mol. The Morgan fingerprint density at radius 1 is 1.44 bits per heavy atom. The molecule has 0 spiro atoms. The van der Waals surface area contributed by atoms with Crippen molar-refractivity contribution in [1.29, 1.82) is 0 Å². The van der Waals surface area contributed by atoms with Crippen LogP contribution in [0.25, 0.3) is 0 Å². The van der Waals surface area contributed by atoms with Crippen molar-refractivity contribution in [2.75, 3.05) is 24.6 Å². The van der Waals surface area contributed by atoms with Crippen LogP contribution < -0.4 is 4.90 Å². The van der Waals surface area contributed by atoms with Gasteiger partial charge in [0.1, 0.15) is 0 Å². The first-order valence-electron chi connectivity index (χ1n) is 6.12. The molecule has 0 saturated carbocycles. The molecule has 0 bridgehead atoms. The SMILES string of the molecule is Cc1ccc(C(=O)O)c(N2CCOC(C)(C)C2)c1. The first-order chi connectivity index (χ1) is 8.39. The van der Waals surface area contributed by atoms with Gasteiger partial charge in [0.15, 0.2) is 0 Å². The molecule has 18 heavy (non-hydrogen) atoms. The lowest BCUT2D eigenvalue weighted by atomic mass is 10.0. The highest BCUT2D eigenvalue weighted by Gasteiger charge is 2.29. The van der Waals surface area contributed by atoms with Crippen molar-refractivity contribution < 1.29 is 14.6 Å². The van der Waals surface area contributed by atoms with Crippen molar-refractivity contribution in [2.45, 2.75) is 26.4 Å². The Morgan fingerprint density at radius 3 is 2.78 bits per heavy atom. The number of aromatic carboxylic acids is 1. The van der Waals surface area contributed by atoms with Crippen LogP contribution in [0.5, 0.6) is 0 Å². The van der Waals surface area contributed by atoms with Crippen LogP contribution in [0.2, 0.25) is 0 Å². The fraction of sp³-hybridized carbons (Fsp3) is 0.500. The van der Waals surface area contributed by atoms with Crippen LogP contribution in [-0.2, 0) is 4.74 Å². The van der Waals surface area contributed by atoms with Gasteiger partial charge < -0.3 is 14.7 Å². The minimum absolute atomic E-state index is 0.238. The van der Waals surface area contributed by atoms with Gasteiger partial charge in [-0.2, -0.15) is 0 Å². The average molecular weight is 249 g/mol. The fourth-order valence-corrected chi connectivity index (χ4v) is 2.31. The molecule has 1 aliphatic rings. The quantitative estimate of drug-likeness (QED) is 0.873. The summed E-state index contributed by atoms with van der Waals surface area (Å²) in [7, 11) is 0. The lowest BCUT2D eigenvalue weighted by molar-refractivity contribution is -0.0277. The first kappa shape index (κ1) is 12.9. The van der Waals surface area contributed by atoms with Gasteiger partial charge in [0, 0.05) is 13.1 Å². The number of morpholine rings is 1. The summed E-state index contributed by atoms with van der Waals surface area (Å²) in [6.07, 6.45) is 0. The lowest BCUT2D eigenvalue weighted by Gasteiger charge is -2.40. The number of hydrogen-bond donors (Lipinski definition) is 1. The number of ether oxygens (including phenoxy) is 1. The zero-order valence-corrected chi connectivity index (χ0v) is 11.1. The van der Waals surface area contributed by atoms with Gasteiger partial charge in [0.05, 0.1) is 23.5 Å². The van der Waals surface area contributed by atoms with E-state index in [9.17, 15) is 9.90 Å². The van der Waals surface area contributed by atoms with Gasteiger partial charge in [-0.15, -0.1) is 0 Å². The third-order valence-corrected chi connectivity index (χ3v) is 3.15. The van der Waals surface area contributed by atoms with E-state index in [1.54, 1.807) is 6.07 Å². The number of benzene rings is 1. The summed E-state index contributed by atoms with van der Waals surface area (Å²) in [5.74, 6) is -0.880. The molecule has 1 N–H and O–H groups in total. The Hall–Kier alpha value is -1.55. The summed E-state index contributed by atoms with van der Waals surface area (Å²) in [6, 6.07) is 5.44.